The number of rotatable bonds is 9. The highest BCUT2D eigenvalue weighted by molar-refractivity contribution is 5.84. The van der Waals surface area contributed by atoms with Crippen molar-refractivity contribution in [2.45, 2.75) is 39.3 Å². The molecule has 30 heavy (non-hydrogen) atoms. The third-order valence-corrected chi connectivity index (χ3v) is 4.76. The summed E-state index contributed by atoms with van der Waals surface area (Å²) in [6, 6.07) is 12.0. The summed E-state index contributed by atoms with van der Waals surface area (Å²) in [6.45, 7) is 3.52. The van der Waals surface area contributed by atoms with Gasteiger partial charge in [-0.1, -0.05) is 49.4 Å². The molecule has 4 rings (SSSR count). The van der Waals surface area contributed by atoms with Gasteiger partial charge in [-0.3, -0.25) is 4.57 Å². The molecular formula is C22H26N8. The predicted molar refractivity (Wildman–Crippen MR) is 119 cm³/mol. The Bertz CT molecular complexity index is 1110. The molecule has 1 aromatic carbocycles. The molecule has 8 nitrogen and oxygen atoms in total. The molecule has 3 aromatic heterocycles. The van der Waals surface area contributed by atoms with Gasteiger partial charge in [0.2, 0.25) is 11.9 Å². The second-order valence-electron chi connectivity index (χ2n) is 6.98. The fourth-order valence-electron chi connectivity index (χ4n) is 3.29. The van der Waals surface area contributed by atoms with Crippen LogP contribution in [0, 0.1) is 0 Å². The minimum atomic E-state index is 0.355. The Morgan fingerprint density at radius 3 is 2.70 bits per heavy atom. The maximum Gasteiger partial charge on any atom is 0.233 e. The van der Waals surface area contributed by atoms with Crippen LogP contribution in [0.1, 0.15) is 31.7 Å². The van der Waals surface area contributed by atoms with Crippen LogP contribution in [0.25, 0.3) is 17.1 Å². The molecule has 0 atom stereocenters. The number of benzene rings is 1. The summed E-state index contributed by atoms with van der Waals surface area (Å²) in [7, 11) is 0. The van der Waals surface area contributed by atoms with Crippen LogP contribution < -0.4 is 11.1 Å². The topological polar surface area (TPSA) is 99.5 Å². The summed E-state index contributed by atoms with van der Waals surface area (Å²) in [5, 5.41) is 7.62. The number of hydrogen-bond acceptors (Lipinski definition) is 6. The van der Waals surface area contributed by atoms with Crippen molar-refractivity contribution in [2.24, 2.45) is 0 Å². The van der Waals surface area contributed by atoms with Gasteiger partial charge < -0.3 is 11.1 Å². The number of hydrogen-bond donors (Lipinski definition) is 2. The minimum absolute atomic E-state index is 0.355. The Morgan fingerprint density at radius 2 is 1.93 bits per heavy atom. The number of imidazole rings is 1. The van der Waals surface area contributed by atoms with E-state index in [2.05, 4.69) is 51.2 Å². The molecule has 0 saturated heterocycles. The van der Waals surface area contributed by atoms with Crippen molar-refractivity contribution in [1.29, 1.82) is 0 Å². The zero-order valence-electron chi connectivity index (χ0n) is 17.1. The summed E-state index contributed by atoms with van der Waals surface area (Å²) in [6.07, 6.45) is 11.0. The number of aromatic nitrogens is 6. The van der Waals surface area contributed by atoms with Crippen molar-refractivity contribution < 1.29 is 0 Å². The van der Waals surface area contributed by atoms with E-state index in [4.69, 9.17) is 15.7 Å². The van der Waals surface area contributed by atoms with E-state index in [9.17, 15) is 0 Å². The van der Waals surface area contributed by atoms with Crippen molar-refractivity contribution in [3.63, 3.8) is 0 Å². The van der Waals surface area contributed by atoms with E-state index in [1.807, 2.05) is 30.5 Å². The molecule has 0 aliphatic rings. The van der Waals surface area contributed by atoms with Gasteiger partial charge in [0.25, 0.3) is 0 Å². The molecule has 0 aliphatic carbocycles. The summed E-state index contributed by atoms with van der Waals surface area (Å²) in [5.41, 5.74) is 8.70. The van der Waals surface area contributed by atoms with Crippen molar-refractivity contribution in [1.82, 2.24) is 29.3 Å². The molecule has 4 aromatic rings. The van der Waals surface area contributed by atoms with E-state index < -0.39 is 0 Å². The summed E-state index contributed by atoms with van der Waals surface area (Å²) in [5.74, 6) is 1.53. The lowest BCUT2D eigenvalue weighted by Gasteiger charge is -2.09. The quantitative estimate of drug-likeness (QED) is 0.325. The van der Waals surface area contributed by atoms with Gasteiger partial charge in [-0.2, -0.15) is 15.1 Å². The molecule has 0 radical (unpaired) electrons. The Morgan fingerprint density at radius 1 is 1.07 bits per heavy atom. The first-order valence-corrected chi connectivity index (χ1v) is 10.2. The molecule has 0 fully saturated rings. The van der Waals surface area contributed by atoms with Crippen LogP contribution in [0.15, 0.2) is 60.9 Å². The third-order valence-electron chi connectivity index (χ3n) is 4.76. The molecule has 154 valence electrons. The fourth-order valence-corrected chi connectivity index (χ4v) is 3.29. The molecule has 0 aliphatic heterocycles. The molecule has 0 bridgehead atoms. The second kappa shape index (κ2) is 9.21. The zero-order chi connectivity index (χ0) is 20.8. The van der Waals surface area contributed by atoms with Gasteiger partial charge in [0.05, 0.1) is 0 Å². The van der Waals surface area contributed by atoms with Crippen molar-refractivity contribution in [3.05, 3.63) is 66.5 Å². The number of nitrogens with one attached hydrogen (secondary N) is 1. The number of unbranched alkanes of at least 4 members (excludes halogenated alkanes) is 1. The van der Waals surface area contributed by atoms with Crippen LogP contribution in [0.4, 0.5) is 11.8 Å². The van der Waals surface area contributed by atoms with E-state index >= 15 is 0 Å². The van der Waals surface area contributed by atoms with Gasteiger partial charge in [-0.25, -0.2) is 9.67 Å². The fraction of sp³-hybridized carbons (Fsp3) is 0.273. The van der Waals surface area contributed by atoms with Crippen LogP contribution in [0.3, 0.4) is 0 Å². The van der Waals surface area contributed by atoms with E-state index in [-0.39, 0.29) is 0 Å². The van der Waals surface area contributed by atoms with Gasteiger partial charge in [0.15, 0.2) is 17.0 Å². The molecule has 3 N–H and O–H groups in total. The van der Waals surface area contributed by atoms with Crippen LogP contribution >= 0.6 is 0 Å². The summed E-state index contributed by atoms with van der Waals surface area (Å²) < 4.78 is 3.80. The average molecular weight is 403 g/mol. The second-order valence-corrected chi connectivity index (χ2v) is 6.98. The zero-order valence-corrected chi connectivity index (χ0v) is 17.1. The Kier molecular flexibility index (Phi) is 6.03. The average Bonchev–Trinajstić information content (AvgIpc) is 3.41. The lowest BCUT2D eigenvalue weighted by molar-refractivity contribution is 0.626. The van der Waals surface area contributed by atoms with Gasteiger partial charge in [-0.15, -0.1) is 0 Å². The van der Waals surface area contributed by atoms with Gasteiger partial charge >= 0.3 is 0 Å². The maximum absolute atomic E-state index is 6.25. The highest BCUT2D eigenvalue weighted by Gasteiger charge is 2.18. The molecule has 0 spiro atoms. The van der Waals surface area contributed by atoms with E-state index in [0.29, 0.717) is 35.4 Å². The monoisotopic (exact) mass is 402 g/mol. The van der Waals surface area contributed by atoms with Gasteiger partial charge in [0.1, 0.15) is 0 Å². The summed E-state index contributed by atoms with van der Waals surface area (Å²) >= 11 is 0. The van der Waals surface area contributed by atoms with Crippen molar-refractivity contribution in [2.75, 3.05) is 11.1 Å². The molecule has 0 amide bonds. The number of nitrogens with zero attached hydrogens (tertiary/aromatic N) is 6. The minimum Gasteiger partial charge on any atom is -0.382 e. The Balaban J connectivity index is 1.66. The first kappa shape index (κ1) is 19.6. The standard InChI is InChI=1S/C22H26N8/c1-2-3-4-5-9-14-29-20-18(26-22(29)30-15-10-13-25-30)19(23)27-21(28-20)24-16-17-11-7-6-8-12-17/h3-4,6-8,10-13,15H,2,5,9,14,16H2,1H3,(H3,23,24,27,28). The highest BCUT2D eigenvalue weighted by atomic mass is 15.4. The van der Waals surface area contributed by atoms with Gasteiger partial charge in [-0.05, 0) is 30.9 Å². The normalized spacial score (nSPS) is 11.5. The lowest BCUT2D eigenvalue weighted by atomic mass is 10.2. The maximum atomic E-state index is 6.25. The Labute approximate surface area is 175 Å². The SMILES string of the molecule is CCC=CCCCn1c(-n2cccn2)nc2c(N)nc(NCc3ccccc3)nc21. The smallest absolute Gasteiger partial charge is 0.233 e. The molecule has 8 heteroatoms. The van der Waals surface area contributed by atoms with Crippen LogP contribution in [0.2, 0.25) is 0 Å². The number of allylic oxidation sites excluding steroid dienone is 2. The van der Waals surface area contributed by atoms with E-state index in [0.717, 1.165) is 31.4 Å². The van der Waals surface area contributed by atoms with Gasteiger partial charge in [0, 0.05) is 25.5 Å². The molecule has 3 heterocycles. The molecule has 0 saturated carbocycles. The number of anilines is 2. The molecular weight excluding hydrogens is 376 g/mol. The Hall–Kier alpha value is -3.68. The molecule has 0 unspecified atom stereocenters. The number of nitrogens with two attached hydrogens (primary N) is 1. The highest BCUT2D eigenvalue weighted by Crippen LogP contribution is 2.23. The first-order valence-electron chi connectivity index (χ1n) is 10.2. The largest absolute Gasteiger partial charge is 0.382 e. The first-order chi connectivity index (χ1) is 14.8. The number of fused-ring (bicyclic) bond motifs is 1. The van der Waals surface area contributed by atoms with Crippen LogP contribution in [0.5, 0.6) is 0 Å². The summed E-state index contributed by atoms with van der Waals surface area (Å²) in [4.78, 5) is 13.8. The number of aryl methyl sites for hydroxylation is 1. The lowest BCUT2D eigenvalue weighted by Crippen LogP contribution is -2.10. The third kappa shape index (κ3) is 4.32. The van der Waals surface area contributed by atoms with E-state index in [1.165, 1.54) is 0 Å². The number of nitrogen functional groups attached to an aromatic ring is 1. The predicted octanol–water partition coefficient (Wildman–Crippen LogP) is 3.95. The van der Waals surface area contributed by atoms with Crippen LogP contribution in [-0.2, 0) is 13.1 Å². The van der Waals surface area contributed by atoms with Crippen molar-refractivity contribution in [3.8, 4) is 5.95 Å². The van der Waals surface area contributed by atoms with Crippen LogP contribution in [-0.4, -0.2) is 29.3 Å². The van der Waals surface area contributed by atoms with Crippen molar-refractivity contribution >= 4 is 22.9 Å². The van der Waals surface area contributed by atoms with E-state index in [1.54, 1.807) is 10.9 Å².